The van der Waals surface area contributed by atoms with Crippen LogP contribution < -0.4 is 4.74 Å². The van der Waals surface area contributed by atoms with E-state index in [1.165, 1.54) is 24.8 Å². The molecule has 2 saturated heterocycles. The Morgan fingerprint density at radius 3 is 2.00 bits per heavy atom. The minimum absolute atomic E-state index is 0.250. The first-order valence-corrected chi connectivity index (χ1v) is 10.6. The van der Waals surface area contributed by atoms with Gasteiger partial charge in [0.05, 0.1) is 6.61 Å². The van der Waals surface area contributed by atoms with Crippen LogP contribution in [0.2, 0.25) is 0 Å². The predicted molar refractivity (Wildman–Crippen MR) is 111 cm³/mol. The SMILES string of the molecule is CCOc1ccc(CN2CCC(C(=O)N3CCCCC3)CC2)cc1.O=C(O)C(=O)O. The number of amides is 1. The summed E-state index contributed by atoms with van der Waals surface area (Å²) in [5, 5.41) is 14.8. The zero-order valence-corrected chi connectivity index (χ0v) is 17.6. The van der Waals surface area contributed by atoms with E-state index in [2.05, 4.69) is 21.9 Å². The van der Waals surface area contributed by atoms with Gasteiger partial charge in [-0.3, -0.25) is 9.69 Å². The van der Waals surface area contributed by atoms with Gasteiger partial charge in [0.25, 0.3) is 0 Å². The standard InChI is InChI=1S/C20H30N2O2.C2H2O4/c1-2-24-19-8-6-17(7-9-19)16-21-14-10-18(11-15-21)20(23)22-12-4-3-5-13-22;3-1(4)2(5)6/h6-9,18H,2-5,10-16H2,1H3;(H,3,4)(H,5,6). The van der Waals surface area contributed by atoms with E-state index in [4.69, 9.17) is 24.5 Å². The normalized spacial score (nSPS) is 17.6. The van der Waals surface area contributed by atoms with Gasteiger partial charge in [-0.25, -0.2) is 9.59 Å². The molecular formula is C22H32N2O6. The largest absolute Gasteiger partial charge is 0.494 e. The second kappa shape index (κ2) is 12.2. The van der Waals surface area contributed by atoms with E-state index in [9.17, 15) is 4.79 Å². The number of carboxylic acid groups (broad SMARTS) is 2. The molecule has 0 unspecified atom stereocenters. The summed E-state index contributed by atoms with van der Waals surface area (Å²) in [6.45, 7) is 7.68. The van der Waals surface area contributed by atoms with Crippen molar-refractivity contribution in [2.24, 2.45) is 5.92 Å². The maximum Gasteiger partial charge on any atom is 0.414 e. The van der Waals surface area contributed by atoms with Crippen LogP contribution in [0.3, 0.4) is 0 Å². The topological polar surface area (TPSA) is 107 Å². The fraction of sp³-hybridized carbons (Fsp3) is 0.591. The minimum Gasteiger partial charge on any atom is -0.494 e. The highest BCUT2D eigenvalue weighted by Gasteiger charge is 2.29. The number of likely N-dealkylation sites (tertiary alicyclic amines) is 2. The average molecular weight is 421 g/mol. The van der Waals surface area contributed by atoms with Crippen molar-refractivity contribution in [1.82, 2.24) is 9.80 Å². The van der Waals surface area contributed by atoms with Gasteiger partial charge in [0.2, 0.25) is 5.91 Å². The van der Waals surface area contributed by atoms with Gasteiger partial charge in [-0.2, -0.15) is 0 Å². The smallest absolute Gasteiger partial charge is 0.414 e. The summed E-state index contributed by atoms with van der Waals surface area (Å²) in [4.78, 5) is 35.4. The summed E-state index contributed by atoms with van der Waals surface area (Å²) >= 11 is 0. The van der Waals surface area contributed by atoms with Crippen LogP contribution in [0.5, 0.6) is 5.75 Å². The van der Waals surface area contributed by atoms with Crippen molar-refractivity contribution < 1.29 is 29.3 Å². The lowest BCUT2D eigenvalue weighted by atomic mass is 9.94. The highest BCUT2D eigenvalue weighted by molar-refractivity contribution is 6.27. The molecule has 1 aromatic rings. The summed E-state index contributed by atoms with van der Waals surface area (Å²) in [6, 6.07) is 8.39. The molecule has 2 N–H and O–H groups in total. The molecule has 2 aliphatic heterocycles. The minimum atomic E-state index is -1.82. The van der Waals surface area contributed by atoms with Gasteiger partial charge >= 0.3 is 11.9 Å². The molecule has 8 heteroatoms. The van der Waals surface area contributed by atoms with Crippen LogP contribution in [0.15, 0.2) is 24.3 Å². The molecule has 0 bridgehead atoms. The Labute approximate surface area is 177 Å². The number of carboxylic acids is 2. The molecule has 0 atom stereocenters. The molecule has 2 heterocycles. The number of carbonyl (C=O) groups excluding carboxylic acids is 1. The summed E-state index contributed by atoms with van der Waals surface area (Å²) in [5.41, 5.74) is 1.32. The third kappa shape index (κ3) is 7.67. The summed E-state index contributed by atoms with van der Waals surface area (Å²) in [5.74, 6) is -2.05. The van der Waals surface area contributed by atoms with Gasteiger partial charge in [-0.15, -0.1) is 0 Å². The number of rotatable bonds is 5. The Bertz CT molecular complexity index is 680. The highest BCUT2D eigenvalue weighted by atomic mass is 16.5. The van der Waals surface area contributed by atoms with E-state index in [0.29, 0.717) is 12.5 Å². The van der Waals surface area contributed by atoms with E-state index in [1.807, 2.05) is 19.1 Å². The Kier molecular flexibility index (Phi) is 9.60. The number of benzene rings is 1. The molecule has 0 spiro atoms. The van der Waals surface area contributed by atoms with Crippen LogP contribution in [-0.2, 0) is 20.9 Å². The van der Waals surface area contributed by atoms with Crippen molar-refractivity contribution in [3.05, 3.63) is 29.8 Å². The quantitative estimate of drug-likeness (QED) is 0.705. The number of hydrogen-bond acceptors (Lipinski definition) is 5. The van der Waals surface area contributed by atoms with E-state index >= 15 is 0 Å². The average Bonchev–Trinajstić information content (AvgIpc) is 2.76. The zero-order chi connectivity index (χ0) is 21.9. The lowest BCUT2D eigenvalue weighted by Gasteiger charge is -2.35. The first kappa shape index (κ1) is 23.7. The molecule has 2 aliphatic rings. The lowest BCUT2D eigenvalue weighted by molar-refractivity contribution is -0.159. The van der Waals surface area contributed by atoms with Crippen LogP contribution in [0.4, 0.5) is 0 Å². The van der Waals surface area contributed by atoms with Crippen molar-refractivity contribution in [3.63, 3.8) is 0 Å². The Hall–Kier alpha value is -2.61. The number of ether oxygens (including phenoxy) is 1. The summed E-state index contributed by atoms with van der Waals surface area (Å²) in [7, 11) is 0. The number of aliphatic carboxylic acids is 2. The number of nitrogens with zero attached hydrogens (tertiary/aromatic N) is 2. The molecule has 0 radical (unpaired) electrons. The highest BCUT2D eigenvalue weighted by Crippen LogP contribution is 2.23. The third-order valence-corrected chi connectivity index (χ3v) is 5.43. The zero-order valence-electron chi connectivity index (χ0n) is 17.6. The molecule has 1 amide bonds. The van der Waals surface area contributed by atoms with E-state index in [-0.39, 0.29) is 5.92 Å². The van der Waals surface area contributed by atoms with Gasteiger partial charge < -0.3 is 19.8 Å². The fourth-order valence-electron chi connectivity index (χ4n) is 3.83. The van der Waals surface area contributed by atoms with Crippen LogP contribution >= 0.6 is 0 Å². The second-order valence-corrected chi connectivity index (χ2v) is 7.62. The summed E-state index contributed by atoms with van der Waals surface area (Å²) < 4.78 is 5.49. The molecular weight excluding hydrogens is 388 g/mol. The van der Waals surface area contributed by atoms with Gasteiger partial charge in [-0.1, -0.05) is 12.1 Å². The van der Waals surface area contributed by atoms with Crippen molar-refractivity contribution in [3.8, 4) is 5.75 Å². The molecule has 2 fully saturated rings. The van der Waals surface area contributed by atoms with Gasteiger partial charge in [0.15, 0.2) is 0 Å². The van der Waals surface area contributed by atoms with Gasteiger partial charge in [0, 0.05) is 25.6 Å². The number of carbonyl (C=O) groups is 3. The van der Waals surface area contributed by atoms with Crippen LogP contribution in [0, 0.1) is 5.92 Å². The molecule has 8 nitrogen and oxygen atoms in total. The second-order valence-electron chi connectivity index (χ2n) is 7.62. The first-order valence-electron chi connectivity index (χ1n) is 10.6. The number of piperidine rings is 2. The Balaban J connectivity index is 0.000000469. The summed E-state index contributed by atoms with van der Waals surface area (Å²) in [6.07, 6.45) is 5.66. The Morgan fingerprint density at radius 2 is 1.50 bits per heavy atom. The lowest BCUT2D eigenvalue weighted by Crippen LogP contribution is -2.44. The Morgan fingerprint density at radius 1 is 0.933 bits per heavy atom. The van der Waals surface area contributed by atoms with Gasteiger partial charge in [0.1, 0.15) is 5.75 Å². The van der Waals surface area contributed by atoms with Crippen molar-refractivity contribution in [1.29, 1.82) is 0 Å². The molecule has 166 valence electrons. The molecule has 0 saturated carbocycles. The maximum atomic E-state index is 12.6. The van der Waals surface area contributed by atoms with Crippen molar-refractivity contribution in [2.45, 2.75) is 45.6 Å². The van der Waals surface area contributed by atoms with Crippen LogP contribution in [0.25, 0.3) is 0 Å². The first-order chi connectivity index (χ1) is 14.4. The molecule has 0 aromatic heterocycles. The van der Waals surface area contributed by atoms with Crippen molar-refractivity contribution >= 4 is 17.8 Å². The third-order valence-electron chi connectivity index (χ3n) is 5.43. The molecule has 30 heavy (non-hydrogen) atoms. The maximum absolute atomic E-state index is 12.6. The monoisotopic (exact) mass is 420 g/mol. The fourth-order valence-corrected chi connectivity index (χ4v) is 3.83. The molecule has 0 aliphatic carbocycles. The van der Waals surface area contributed by atoms with Crippen LogP contribution in [0.1, 0.15) is 44.6 Å². The van der Waals surface area contributed by atoms with E-state index in [1.54, 1.807) is 0 Å². The predicted octanol–water partition coefficient (Wildman–Crippen LogP) is 2.47. The van der Waals surface area contributed by atoms with Crippen LogP contribution in [-0.4, -0.2) is 70.6 Å². The van der Waals surface area contributed by atoms with E-state index in [0.717, 1.165) is 51.3 Å². The number of hydrogen-bond donors (Lipinski definition) is 2. The van der Waals surface area contributed by atoms with Gasteiger partial charge in [-0.05, 0) is 69.8 Å². The molecule has 3 rings (SSSR count). The molecule has 1 aromatic carbocycles. The van der Waals surface area contributed by atoms with E-state index < -0.39 is 11.9 Å². The van der Waals surface area contributed by atoms with Crippen molar-refractivity contribution in [2.75, 3.05) is 32.8 Å².